The van der Waals surface area contributed by atoms with Gasteiger partial charge in [0.15, 0.2) is 6.61 Å². The molecule has 0 heterocycles. The maximum absolute atomic E-state index is 11.8. The minimum absolute atomic E-state index is 0.329. The van der Waals surface area contributed by atoms with Gasteiger partial charge in [-0.3, -0.25) is 14.9 Å². The summed E-state index contributed by atoms with van der Waals surface area (Å²) in [5, 5.41) is 2.88. The molecule has 0 aliphatic carbocycles. The van der Waals surface area contributed by atoms with Gasteiger partial charge in [0.1, 0.15) is 0 Å². The molecule has 1 N–H and O–H groups in total. The molecule has 2 rings (SSSR count). The van der Waals surface area contributed by atoms with Crippen LogP contribution >= 0.6 is 23.2 Å². The molecule has 2 amide bonds. The molecule has 0 spiro atoms. The summed E-state index contributed by atoms with van der Waals surface area (Å²) in [6, 6.07) is 13.1. The maximum Gasteiger partial charge on any atom is 0.331 e. The molecule has 5 nitrogen and oxygen atoms in total. The molecule has 0 unspecified atom stereocenters. The molecule has 0 atom stereocenters. The molecule has 128 valence electrons. The average Bonchev–Trinajstić information content (AvgIpc) is 2.60. The van der Waals surface area contributed by atoms with Gasteiger partial charge >= 0.3 is 5.97 Å². The van der Waals surface area contributed by atoms with Crippen LogP contribution in [0.15, 0.2) is 54.6 Å². The van der Waals surface area contributed by atoms with Gasteiger partial charge in [0.05, 0.1) is 0 Å². The number of ether oxygens (including phenoxy) is 1. The topological polar surface area (TPSA) is 72.5 Å². The second kappa shape index (κ2) is 9.01. The minimum Gasteiger partial charge on any atom is -0.452 e. The number of carbonyl (C=O) groups excluding carboxylic acids is 3. The molecule has 0 aromatic heterocycles. The molecular weight excluding hydrogens is 365 g/mol. The third-order valence-electron chi connectivity index (χ3n) is 3.02. The molecule has 2 aromatic rings. The highest BCUT2D eigenvalue weighted by molar-refractivity contribution is 6.37. The Kier molecular flexibility index (Phi) is 6.74. The van der Waals surface area contributed by atoms with Gasteiger partial charge in [0.2, 0.25) is 0 Å². The van der Waals surface area contributed by atoms with Crippen LogP contribution in [0.1, 0.15) is 15.9 Å². The summed E-state index contributed by atoms with van der Waals surface area (Å²) in [6.45, 7) is -0.585. The smallest absolute Gasteiger partial charge is 0.331 e. The third-order valence-corrected chi connectivity index (χ3v) is 3.68. The van der Waals surface area contributed by atoms with Crippen molar-refractivity contribution in [2.45, 2.75) is 0 Å². The molecule has 0 aliphatic heterocycles. The molecule has 2 aromatic carbocycles. The normalized spacial score (nSPS) is 10.5. The highest BCUT2D eigenvalue weighted by Crippen LogP contribution is 2.25. The van der Waals surface area contributed by atoms with E-state index in [2.05, 4.69) is 5.32 Å². The highest BCUT2D eigenvalue weighted by atomic mass is 35.5. The second-order valence-electron chi connectivity index (χ2n) is 4.82. The van der Waals surface area contributed by atoms with E-state index in [-0.39, 0.29) is 0 Å². The Morgan fingerprint density at radius 3 is 2.24 bits per heavy atom. The lowest BCUT2D eigenvalue weighted by molar-refractivity contribution is -0.143. The van der Waals surface area contributed by atoms with Gasteiger partial charge in [-0.05, 0) is 30.3 Å². The monoisotopic (exact) mass is 377 g/mol. The fraction of sp³-hybridized carbons (Fsp3) is 0.0556. The van der Waals surface area contributed by atoms with Crippen LogP contribution in [0.5, 0.6) is 0 Å². The van der Waals surface area contributed by atoms with Gasteiger partial charge in [-0.15, -0.1) is 0 Å². The zero-order valence-electron chi connectivity index (χ0n) is 12.9. The van der Waals surface area contributed by atoms with Crippen LogP contribution in [0, 0.1) is 0 Å². The molecule has 0 fully saturated rings. The number of halogens is 2. The van der Waals surface area contributed by atoms with Crippen molar-refractivity contribution >= 4 is 47.1 Å². The van der Waals surface area contributed by atoms with Crippen molar-refractivity contribution in [3.63, 3.8) is 0 Å². The lowest BCUT2D eigenvalue weighted by atomic mass is 10.2. The minimum atomic E-state index is -0.765. The predicted molar refractivity (Wildman–Crippen MR) is 95.4 cm³/mol. The van der Waals surface area contributed by atoms with Crippen molar-refractivity contribution in [1.29, 1.82) is 0 Å². The summed E-state index contributed by atoms with van der Waals surface area (Å²) in [5.41, 5.74) is 0.793. The molecule has 0 radical (unpaired) electrons. The summed E-state index contributed by atoms with van der Waals surface area (Å²) in [7, 11) is 0. The Morgan fingerprint density at radius 1 is 0.960 bits per heavy atom. The van der Waals surface area contributed by atoms with E-state index in [1.54, 1.807) is 48.5 Å². The molecule has 0 bridgehead atoms. The van der Waals surface area contributed by atoms with Crippen molar-refractivity contribution in [3.05, 3.63) is 75.8 Å². The summed E-state index contributed by atoms with van der Waals surface area (Å²) < 4.78 is 4.77. The standard InChI is InChI=1S/C18H13Cl2NO4/c19-14-7-4-8-15(20)13(14)9-10-17(23)25-11-16(22)21-18(24)12-5-2-1-3-6-12/h1-10H,11H2,(H,21,22,24)/b10-9+. The highest BCUT2D eigenvalue weighted by Gasteiger charge is 2.11. The van der Waals surface area contributed by atoms with E-state index in [1.165, 1.54) is 6.08 Å². The first kappa shape index (κ1) is 18.7. The third kappa shape index (κ3) is 5.74. The number of amides is 2. The Bertz CT molecular complexity index is 799. The number of esters is 1. The number of nitrogens with one attached hydrogen (secondary N) is 1. The maximum atomic E-state index is 11.8. The van der Waals surface area contributed by atoms with E-state index in [4.69, 9.17) is 27.9 Å². The molecule has 25 heavy (non-hydrogen) atoms. The van der Waals surface area contributed by atoms with Crippen LogP contribution in [-0.2, 0) is 14.3 Å². The fourth-order valence-corrected chi connectivity index (χ4v) is 2.35. The number of carbonyl (C=O) groups is 3. The summed E-state index contributed by atoms with van der Waals surface area (Å²) in [4.78, 5) is 35.0. The molecule has 0 saturated carbocycles. The van der Waals surface area contributed by atoms with E-state index >= 15 is 0 Å². The number of hydrogen-bond acceptors (Lipinski definition) is 4. The van der Waals surface area contributed by atoms with Gasteiger partial charge in [0.25, 0.3) is 11.8 Å². The lowest BCUT2D eigenvalue weighted by Crippen LogP contribution is -2.33. The van der Waals surface area contributed by atoms with Crippen LogP contribution in [0.25, 0.3) is 6.08 Å². The first-order chi connectivity index (χ1) is 12.0. The van der Waals surface area contributed by atoms with E-state index in [1.807, 2.05) is 0 Å². The van der Waals surface area contributed by atoms with Crippen molar-refractivity contribution in [3.8, 4) is 0 Å². The predicted octanol–water partition coefficient (Wildman–Crippen LogP) is 3.51. The summed E-state index contributed by atoms with van der Waals surface area (Å²) in [6.07, 6.45) is 2.49. The van der Waals surface area contributed by atoms with Crippen LogP contribution in [-0.4, -0.2) is 24.4 Å². The van der Waals surface area contributed by atoms with Gasteiger partial charge in [-0.2, -0.15) is 0 Å². The fourth-order valence-electron chi connectivity index (χ4n) is 1.83. The Labute approximate surface area is 154 Å². The van der Waals surface area contributed by atoms with E-state index in [0.29, 0.717) is 21.2 Å². The van der Waals surface area contributed by atoms with Crippen molar-refractivity contribution in [2.75, 3.05) is 6.61 Å². The van der Waals surface area contributed by atoms with Crippen LogP contribution < -0.4 is 5.32 Å². The first-order valence-electron chi connectivity index (χ1n) is 7.15. The quantitative estimate of drug-likeness (QED) is 0.639. The second-order valence-corrected chi connectivity index (χ2v) is 5.63. The van der Waals surface area contributed by atoms with E-state index in [0.717, 1.165) is 6.08 Å². The Balaban J connectivity index is 1.84. The van der Waals surface area contributed by atoms with Gasteiger partial charge < -0.3 is 4.74 Å². The van der Waals surface area contributed by atoms with Crippen molar-refractivity contribution in [2.24, 2.45) is 0 Å². The average molecular weight is 378 g/mol. The Hall–Kier alpha value is -2.63. The number of imide groups is 1. The SMILES string of the molecule is O=C(COC(=O)/C=C/c1c(Cl)cccc1Cl)NC(=O)c1ccccc1. The summed E-state index contributed by atoms with van der Waals surface area (Å²) >= 11 is 11.9. The molecular formula is C18H13Cl2NO4. The molecule has 0 saturated heterocycles. The molecule has 7 heteroatoms. The zero-order valence-corrected chi connectivity index (χ0v) is 14.4. The largest absolute Gasteiger partial charge is 0.452 e. The van der Waals surface area contributed by atoms with Crippen LogP contribution in [0.4, 0.5) is 0 Å². The van der Waals surface area contributed by atoms with Gasteiger partial charge in [0, 0.05) is 27.2 Å². The molecule has 0 aliphatic rings. The number of hydrogen-bond donors (Lipinski definition) is 1. The van der Waals surface area contributed by atoms with E-state index < -0.39 is 24.4 Å². The van der Waals surface area contributed by atoms with Gasteiger partial charge in [-0.1, -0.05) is 47.5 Å². The number of benzene rings is 2. The Morgan fingerprint density at radius 2 is 1.60 bits per heavy atom. The lowest BCUT2D eigenvalue weighted by Gasteiger charge is -2.04. The zero-order chi connectivity index (χ0) is 18.2. The van der Waals surface area contributed by atoms with Gasteiger partial charge in [-0.25, -0.2) is 4.79 Å². The first-order valence-corrected chi connectivity index (χ1v) is 7.91. The van der Waals surface area contributed by atoms with Crippen LogP contribution in [0.2, 0.25) is 10.0 Å². The summed E-state index contributed by atoms with van der Waals surface area (Å²) in [5.74, 6) is -2.07. The van der Waals surface area contributed by atoms with E-state index in [9.17, 15) is 14.4 Å². The number of rotatable bonds is 5. The van der Waals surface area contributed by atoms with Crippen LogP contribution in [0.3, 0.4) is 0 Å². The van der Waals surface area contributed by atoms with Crippen molar-refractivity contribution < 1.29 is 19.1 Å². The van der Waals surface area contributed by atoms with Crippen molar-refractivity contribution in [1.82, 2.24) is 5.32 Å².